The smallest absolute Gasteiger partial charge is 0.119 e. The third-order valence-electron chi connectivity index (χ3n) is 3.37. The van der Waals surface area contributed by atoms with E-state index in [0.29, 0.717) is 11.8 Å². The van der Waals surface area contributed by atoms with Crippen molar-refractivity contribution in [1.82, 2.24) is 0 Å². The molecule has 15 heavy (non-hydrogen) atoms. The van der Waals surface area contributed by atoms with Gasteiger partial charge in [-0.3, -0.25) is 0 Å². The van der Waals surface area contributed by atoms with Crippen LogP contribution >= 0.6 is 0 Å². The van der Waals surface area contributed by atoms with Crippen molar-refractivity contribution in [3.05, 3.63) is 29.3 Å². The van der Waals surface area contributed by atoms with E-state index in [0.717, 1.165) is 23.3 Å². The first-order valence-electron chi connectivity index (χ1n) is 5.46. The number of methoxy groups -OCH3 is 1. The fourth-order valence-corrected chi connectivity index (χ4v) is 2.13. The second-order valence-corrected chi connectivity index (χ2v) is 4.54. The van der Waals surface area contributed by atoms with Gasteiger partial charge in [-0.25, -0.2) is 0 Å². The standard InChI is InChI=1S/C13H18O2/c1-8-6-10(15-3)4-5-11(8)13(14)12-7-9(12)2/h4-6,9,12-14H,7H2,1-3H3. The van der Waals surface area contributed by atoms with E-state index in [4.69, 9.17) is 4.74 Å². The molecule has 1 N–H and O–H groups in total. The van der Waals surface area contributed by atoms with Gasteiger partial charge in [0.1, 0.15) is 5.75 Å². The van der Waals surface area contributed by atoms with Gasteiger partial charge in [-0.2, -0.15) is 0 Å². The van der Waals surface area contributed by atoms with E-state index < -0.39 is 0 Å². The fourth-order valence-electron chi connectivity index (χ4n) is 2.13. The van der Waals surface area contributed by atoms with Crippen molar-refractivity contribution >= 4 is 0 Å². The summed E-state index contributed by atoms with van der Waals surface area (Å²) in [6, 6.07) is 5.87. The molecule has 0 aromatic heterocycles. The molecule has 1 aliphatic rings. The molecule has 3 atom stereocenters. The molecule has 0 radical (unpaired) electrons. The summed E-state index contributed by atoms with van der Waals surface area (Å²) in [5.74, 6) is 1.98. The largest absolute Gasteiger partial charge is 0.497 e. The Labute approximate surface area is 90.9 Å². The Bertz CT molecular complexity index is 360. The molecular formula is C13H18O2. The van der Waals surface area contributed by atoms with Crippen LogP contribution in [0, 0.1) is 18.8 Å². The quantitative estimate of drug-likeness (QED) is 0.824. The monoisotopic (exact) mass is 206 g/mol. The normalized spacial score (nSPS) is 26.1. The summed E-state index contributed by atoms with van der Waals surface area (Å²) in [4.78, 5) is 0. The predicted octanol–water partition coefficient (Wildman–Crippen LogP) is 2.69. The lowest BCUT2D eigenvalue weighted by molar-refractivity contribution is 0.147. The highest BCUT2D eigenvalue weighted by atomic mass is 16.5. The summed E-state index contributed by atoms with van der Waals surface area (Å²) in [5, 5.41) is 10.1. The van der Waals surface area contributed by atoms with Gasteiger partial charge >= 0.3 is 0 Å². The summed E-state index contributed by atoms with van der Waals surface area (Å²) in [7, 11) is 1.66. The topological polar surface area (TPSA) is 29.5 Å². The Kier molecular flexibility index (Phi) is 2.70. The molecule has 0 saturated heterocycles. The molecule has 2 rings (SSSR count). The van der Waals surface area contributed by atoms with Crippen LogP contribution in [0.15, 0.2) is 18.2 Å². The number of hydrogen-bond acceptors (Lipinski definition) is 2. The number of hydrogen-bond donors (Lipinski definition) is 1. The molecule has 3 unspecified atom stereocenters. The number of rotatable bonds is 3. The highest BCUT2D eigenvalue weighted by Crippen LogP contribution is 2.47. The third kappa shape index (κ3) is 2.00. The number of aryl methyl sites for hydroxylation is 1. The Morgan fingerprint density at radius 2 is 2.13 bits per heavy atom. The maximum atomic E-state index is 10.1. The van der Waals surface area contributed by atoms with Crippen LogP contribution in [0.1, 0.15) is 30.6 Å². The van der Waals surface area contributed by atoms with Crippen LogP contribution in [0.2, 0.25) is 0 Å². The zero-order valence-electron chi connectivity index (χ0n) is 9.53. The third-order valence-corrected chi connectivity index (χ3v) is 3.37. The zero-order valence-corrected chi connectivity index (χ0v) is 9.53. The average molecular weight is 206 g/mol. The van der Waals surface area contributed by atoms with Crippen molar-refractivity contribution in [3.8, 4) is 5.75 Å². The predicted molar refractivity (Wildman–Crippen MR) is 60.0 cm³/mol. The van der Waals surface area contributed by atoms with E-state index in [1.54, 1.807) is 7.11 Å². The van der Waals surface area contributed by atoms with Crippen molar-refractivity contribution in [1.29, 1.82) is 0 Å². The zero-order chi connectivity index (χ0) is 11.0. The Balaban J connectivity index is 2.21. The van der Waals surface area contributed by atoms with E-state index in [1.807, 2.05) is 25.1 Å². The first-order chi connectivity index (χ1) is 7.13. The van der Waals surface area contributed by atoms with Gasteiger partial charge in [0.2, 0.25) is 0 Å². The van der Waals surface area contributed by atoms with E-state index in [2.05, 4.69) is 6.92 Å². The van der Waals surface area contributed by atoms with Gasteiger partial charge in [-0.1, -0.05) is 13.0 Å². The second kappa shape index (κ2) is 3.86. The molecule has 1 saturated carbocycles. The molecule has 2 heteroatoms. The summed E-state index contributed by atoms with van der Waals surface area (Å²) < 4.78 is 5.15. The number of aliphatic hydroxyl groups excluding tert-OH is 1. The molecular weight excluding hydrogens is 188 g/mol. The minimum absolute atomic E-state index is 0.300. The summed E-state index contributed by atoms with van der Waals surface area (Å²) in [6.45, 7) is 4.21. The highest BCUT2D eigenvalue weighted by molar-refractivity contribution is 5.36. The van der Waals surface area contributed by atoms with Crippen LogP contribution in [-0.2, 0) is 0 Å². The van der Waals surface area contributed by atoms with Gasteiger partial charge in [0.25, 0.3) is 0 Å². The number of aliphatic hydroxyl groups is 1. The minimum atomic E-state index is -0.300. The van der Waals surface area contributed by atoms with Crippen LogP contribution in [-0.4, -0.2) is 12.2 Å². The lowest BCUT2D eigenvalue weighted by Gasteiger charge is -2.14. The molecule has 1 aromatic carbocycles. The van der Waals surface area contributed by atoms with Crippen LogP contribution in [0.4, 0.5) is 0 Å². The van der Waals surface area contributed by atoms with Gasteiger partial charge in [0.15, 0.2) is 0 Å². The van der Waals surface area contributed by atoms with Crippen molar-refractivity contribution < 1.29 is 9.84 Å². The number of benzene rings is 1. The van der Waals surface area contributed by atoms with Crippen molar-refractivity contribution in [2.24, 2.45) is 11.8 Å². The van der Waals surface area contributed by atoms with Crippen LogP contribution in [0.5, 0.6) is 5.75 Å². The maximum absolute atomic E-state index is 10.1. The van der Waals surface area contributed by atoms with Crippen molar-refractivity contribution in [3.63, 3.8) is 0 Å². The maximum Gasteiger partial charge on any atom is 0.119 e. The SMILES string of the molecule is COc1ccc(C(O)C2CC2C)c(C)c1. The van der Waals surface area contributed by atoms with Crippen LogP contribution in [0.25, 0.3) is 0 Å². The Hall–Kier alpha value is -1.02. The Morgan fingerprint density at radius 1 is 1.47 bits per heavy atom. The van der Waals surface area contributed by atoms with E-state index in [-0.39, 0.29) is 6.10 Å². The molecule has 0 amide bonds. The van der Waals surface area contributed by atoms with E-state index in [1.165, 1.54) is 0 Å². The molecule has 0 aliphatic heterocycles. The van der Waals surface area contributed by atoms with Gasteiger partial charge in [0, 0.05) is 0 Å². The van der Waals surface area contributed by atoms with Gasteiger partial charge in [-0.15, -0.1) is 0 Å². The minimum Gasteiger partial charge on any atom is -0.497 e. The average Bonchev–Trinajstić information content (AvgIpc) is 2.94. The molecule has 1 aliphatic carbocycles. The molecule has 82 valence electrons. The van der Waals surface area contributed by atoms with E-state index >= 15 is 0 Å². The van der Waals surface area contributed by atoms with Crippen LogP contribution < -0.4 is 4.74 Å². The van der Waals surface area contributed by atoms with Gasteiger partial charge < -0.3 is 9.84 Å². The highest BCUT2D eigenvalue weighted by Gasteiger charge is 2.39. The van der Waals surface area contributed by atoms with Crippen molar-refractivity contribution in [2.45, 2.75) is 26.4 Å². The van der Waals surface area contributed by atoms with Gasteiger partial charge in [-0.05, 0) is 48.4 Å². The molecule has 1 aromatic rings. The summed E-state index contributed by atoms with van der Waals surface area (Å²) in [6.07, 6.45) is 0.845. The summed E-state index contributed by atoms with van der Waals surface area (Å²) in [5.41, 5.74) is 2.16. The summed E-state index contributed by atoms with van der Waals surface area (Å²) >= 11 is 0. The van der Waals surface area contributed by atoms with E-state index in [9.17, 15) is 5.11 Å². The lowest BCUT2D eigenvalue weighted by atomic mass is 9.99. The lowest BCUT2D eigenvalue weighted by Crippen LogP contribution is -2.03. The second-order valence-electron chi connectivity index (χ2n) is 4.54. The van der Waals surface area contributed by atoms with Crippen molar-refractivity contribution in [2.75, 3.05) is 7.11 Å². The van der Waals surface area contributed by atoms with Crippen LogP contribution in [0.3, 0.4) is 0 Å². The molecule has 2 nitrogen and oxygen atoms in total. The molecule has 1 fully saturated rings. The number of ether oxygens (including phenoxy) is 1. The molecule has 0 bridgehead atoms. The Morgan fingerprint density at radius 3 is 2.60 bits per heavy atom. The first kappa shape index (κ1) is 10.5. The first-order valence-corrected chi connectivity index (χ1v) is 5.46. The van der Waals surface area contributed by atoms with Gasteiger partial charge in [0.05, 0.1) is 13.2 Å². The molecule has 0 heterocycles. The molecule has 0 spiro atoms. The fraction of sp³-hybridized carbons (Fsp3) is 0.538.